The number of ether oxygens (including phenoxy) is 2. The predicted molar refractivity (Wildman–Crippen MR) is 123 cm³/mol. The van der Waals surface area contributed by atoms with Gasteiger partial charge >= 0.3 is 6.09 Å². The molecule has 0 spiro atoms. The normalized spacial score (nSPS) is 10.8. The Labute approximate surface area is 191 Å². The van der Waals surface area contributed by atoms with Crippen molar-refractivity contribution in [2.75, 3.05) is 32.6 Å². The maximum absolute atomic E-state index is 13.4. The molecule has 0 saturated carbocycles. The van der Waals surface area contributed by atoms with Crippen molar-refractivity contribution in [3.63, 3.8) is 0 Å². The fourth-order valence-electron chi connectivity index (χ4n) is 3.02. The van der Waals surface area contributed by atoms with Crippen LogP contribution in [0.1, 0.15) is 18.4 Å². The first-order chi connectivity index (χ1) is 15.9. The molecule has 0 aliphatic rings. The summed E-state index contributed by atoms with van der Waals surface area (Å²) in [4.78, 5) is 26.4. The second-order valence-electron chi connectivity index (χ2n) is 7.70. The molecule has 0 aliphatic heterocycles. The summed E-state index contributed by atoms with van der Waals surface area (Å²) >= 11 is 0. The lowest BCUT2D eigenvalue weighted by molar-refractivity contribution is 0.158. The quantitative estimate of drug-likeness (QED) is 0.464. The van der Waals surface area contributed by atoms with Crippen molar-refractivity contribution < 1.29 is 18.7 Å². The van der Waals surface area contributed by atoms with Crippen molar-refractivity contribution in [1.29, 1.82) is 0 Å². The van der Waals surface area contributed by atoms with Gasteiger partial charge in [-0.1, -0.05) is 18.2 Å². The van der Waals surface area contributed by atoms with E-state index in [2.05, 4.69) is 15.3 Å². The van der Waals surface area contributed by atoms with Crippen molar-refractivity contribution in [3.8, 4) is 11.6 Å². The molecule has 3 rings (SSSR count). The zero-order valence-electron chi connectivity index (χ0n) is 18.7. The van der Waals surface area contributed by atoms with Gasteiger partial charge in [0.1, 0.15) is 11.6 Å². The number of unbranched alkanes of at least 4 members (excludes halogenated alkanes) is 1. The van der Waals surface area contributed by atoms with Gasteiger partial charge in [0.2, 0.25) is 5.88 Å². The maximum Gasteiger partial charge on any atom is 0.411 e. The van der Waals surface area contributed by atoms with Gasteiger partial charge in [0.25, 0.3) is 5.56 Å². The Kier molecular flexibility index (Phi) is 8.54. The first kappa shape index (κ1) is 23.9. The molecule has 0 bridgehead atoms. The average Bonchev–Trinajstić information content (AvgIpc) is 2.76. The number of nitrogens with zero attached hydrogens (tertiary/aromatic N) is 3. The van der Waals surface area contributed by atoms with E-state index in [1.807, 2.05) is 20.2 Å². The molecule has 0 aliphatic carbocycles. The molecular weight excluding hydrogens is 427 g/mol. The lowest BCUT2D eigenvalue weighted by atomic mass is 10.2. The summed E-state index contributed by atoms with van der Waals surface area (Å²) in [7, 11) is 4.00. The molecule has 1 amide bonds. The van der Waals surface area contributed by atoms with Gasteiger partial charge < -0.3 is 14.4 Å². The smallest absolute Gasteiger partial charge is 0.411 e. The monoisotopic (exact) mass is 454 g/mol. The molecule has 0 saturated heterocycles. The van der Waals surface area contributed by atoms with Crippen LogP contribution in [0.5, 0.6) is 11.6 Å². The molecule has 0 radical (unpaired) electrons. The van der Waals surface area contributed by atoms with Crippen LogP contribution in [0, 0.1) is 5.82 Å². The zero-order valence-corrected chi connectivity index (χ0v) is 18.7. The number of carbonyl (C=O) groups is 1. The highest BCUT2D eigenvalue weighted by molar-refractivity contribution is 5.84. The number of nitrogens with one attached hydrogen (secondary N) is 1. The number of aromatic nitrogens is 2. The SMILES string of the molecule is CN(C)CCCCOC(=O)Nc1cccc(Cn2nc(Oc3cccc(F)c3)ccc2=O)c1. The lowest BCUT2D eigenvalue weighted by Crippen LogP contribution is -2.22. The Hall–Kier alpha value is -3.72. The number of rotatable bonds is 10. The topological polar surface area (TPSA) is 85.7 Å². The molecule has 9 heteroatoms. The number of benzene rings is 2. The van der Waals surface area contributed by atoms with Gasteiger partial charge in [-0.05, 0) is 63.3 Å². The Balaban J connectivity index is 1.59. The Morgan fingerprint density at radius 1 is 1.09 bits per heavy atom. The minimum Gasteiger partial charge on any atom is -0.449 e. The number of amides is 1. The summed E-state index contributed by atoms with van der Waals surface area (Å²) in [6, 6.07) is 15.5. The average molecular weight is 455 g/mol. The van der Waals surface area contributed by atoms with Gasteiger partial charge in [-0.3, -0.25) is 10.1 Å². The van der Waals surface area contributed by atoms with Crippen LogP contribution < -0.4 is 15.6 Å². The summed E-state index contributed by atoms with van der Waals surface area (Å²) < 4.78 is 25.4. The highest BCUT2D eigenvalue weighted by Gasteiger charge is 2.07. The van der Waals surface area contributed by atoms with Crippen LogP contribution in [-0.2, 0) is 11.3 Å². The van der Waals surface area contributed by atoms with Gasteiger partial charge in [-0.2, -0.15) is 0 Å². The first-order valence-electron chi connectivity index (χ1n) is 10.6. The van der Waals surface area contributed by atoms with Crippen LogP contribution in [-0.4, -0.2) is 48.0 Å². The van der Waals surface area contributed by atoms with E-state index in [-0.39, 0.29) is 23.7 Å². The number of anilines is 1. The fraction of sp³-hybridized carbons (Fsp3) is 0.292. The summed E-state index contributed by atoms with van der Waals surface area (Å²) in [5.74, 6) is 0.00340. The standard InChI is InChI=1S/C24H27FN4O4/c1-28(2)13-3-4-14-32-24(31)26-20-9-5-7-18(15-20)17-29-23(30)12-11-22(27-29)33-21-10-6-8-19(25)16-21/h5-12,15-16H,3-4,13-14,17H2,1-2H3,(H,26,31). The van der Waals surface area contributed by atoms with Gasteiger partial charge in [0.15, 0.2) is 0 Å². The predicted octanol–water partition coefficient (Wildman–Crippen LogP) is 4.11. The number of hydrogen-bond donors (Lipinski definition) is 1. The Morgan fingerprint density at radius 3 is 2.70 bits per heavy atom. The molecule has 0 fully saturated rings. The number of hydrogen-bond acceptors (Lipinski definition) is 6. The molecule has 33 heavy (non-hydrogen) atoms. The summed E-state index contributed by atoms with van der Waals surface area (Å²) in [5, 5.41) is 6.89. The van der Waals surface area contributed by atoms with E-state index in [0.717, 1.165) is 24.9 Å². The highest BCUT2D eigenvalue weighted by Crippen LogP contribution is 2.19. The molecule has 1 aromatic heterocycles. The molecule has 8 nitrogen and oxygen atoms in total. The molecule has 174 valence electrons. The molecule has 1 N–H and O–H groups in total. The number of halogens is 1. The van der Waals surface area contributed by atoms with E-state index < -0.39 is 11.9 Å². The molecule has 3 aromatic rings. The van der Waals surface area contributed by atoms with Crippen LogP contribution in [0.3, 0.4) is 0 Å². The minimum absolute atomic E-state index is 0.160. The fourth-order valence-corrected chi connectivity index (χ4v) is 3.02. The van der Waals surface area contributed by atoms with E-state index in [0.29, 0.717) is 12.3 Å². The van der Waals surface area contributed by atoms with Crippen LogP contribution in [0.4, 0.5) is 14.9 Å². The lowest BCUT2D eigenvalue weighted by Gasteiger charge is -2.11. The molecule has 0 unspecified atom stereocenters. The van der Waals surface area contributed by atoms with E-state index in [1.165, 1.54) is 35.0 Å². The van der Waals surface area contributed by atoms with Gasteiger partial charge in [-0.25, -0.2) is 13.9 Å². The van der Waals surface area contributed by atoms with Crippen LogP contribution in [0.2, 0.25) is 0 Å². The Morgan fingerprint density at radius 2 is 1.91 bits per heavy atom. The molecule has 1 heterocycles. The van der Waals surface area contributed by atoms with Crippen LogP contribution in [0.15, 0.2) is 65.5 Å². The van der Waals surface area contributed by atoms with Gasteiger partial charge in [0, 0.05) is 23.9 Å². The van der Waals surface area contributed by atoms with Gasteiger partial charge in [0.05, 0.1) is 13.2 Å². The molecular formula is C24H27FN4O4. The van der Waals surface area contributed by atoms with Crippen LogP contribution in [0.25, 0.3) is 0 Å². The third-order valence-electron chi connectivity index (χ3n) is 4.60. The summed E-state index contributed by atoms with van der Waals surface area (Å²) in [5.41, 5.74) is 0.972. The molecule has 2 aromatic carbocycles. The third-order valence-corrected chi connectivity index (χ3v) is 4.60. The second kappa shape index (κ2) is 11.8. The highest BCUT2D eigenvalue weighted by atomic mass is 19.1. The van der Waals surface area contributed by atoms with Crippen molar-refractivity contribution in [3.05, 3.63) is 82.4 Å². The minimum atomic E-state index is -0.530. The third kappa shape index (κ3) is 8.04. The van der Waals surface area contributed by atoms with Crippen molar-refractivity contribution in [1.82, 2.24) is 14.7 Å². The summed E-state index contributed by atoms with van der Waals surface area (Å²) in [6.45, 7) is 1.44. The summed E-state index contributed by atoms with van der Waals surface area (Å²) in [6.07, 6.45) is 1.20. The van der Waals surface area contributed by atoms with Crippen LogP contribution >= 0.6 is 0 Å². The second-order valence-corrected chi connectivity index (χ2v) is 7.70. The first-order valence-corrected chi connectivity index (χ1v) is 10.6. The van der Waals surface area contributed by atoms with E-state index in [9.17, 15) is 14.0 Å². The Bertz CT molecular complexity index is 1130. The van der Waals surface area contributed by atoms with E-state index in [4.69, 9.17) is 9.47 Å². The van der Waals surface area contributed by atoms with E-state index in [1.54, 1.807) is 24.3 Å². The zero-order chi connectivity index (χ0) is 23.6. The number of carbonyl (C=O) groups excluding carboxylic acids is 1. The van der Waals surface area contributed by atoms with Crippen molar-refractivity contribution >= 4 is 11.8 Å². The van der Waals surface area contributed by atoms with Gasteiger partial charge in [-0.15, -0.1) is 5.10 Å². The largest absolute Gasteiger partial charge is 0.449 e. The molecule has 0 atom stereocenters. The van der Waals surface area contributed by atoms with Crippen molar-refractivity contribution in [2.45, 2.75) is 19.4 Å². The van der Waals surface area contributed by atoms with Crippen molar-refractivity contribution in [2.24, 2.45) is 0 Å². The van der Waals surface area contributed by atoms with E-state index >= 15 is 0 Å². The maximum atomic E-state index is 13.4.